The summed E-state index contributed by atoms with van der Waals surface area (Å²) in [6.07, 6.45) is 14.6. The number of carboxylic acid groups (broad SMARTS) is 1. The number of ether oxygens (including phenoxy) is 3. The summed E-state index contributed by atoms with van der Waals surface area (Å²) in [5.41, 5.74) is 23.2. The Bertz CT molecular complexity index is 3770. The minimum absolute atomic E-state index is 0.0985. The van der Waals surface area contributed by atoms with Crippen molar-refractivity contribution in [2.75, 3.05) is 25.2 Å². The minimum Gasteiger partial charge on any atom is -0.497 e. The van der Waals surface area contributed by atoms with Crippen molar-refractivity contribution < 1.29 is 24.1 Å². The van der Waals surface area contributed by atoms with Crippen molar-refractivity contribution in [1.82, 2.24) is 0 Å². The van der Waals surface area contributed by atoms with Gasteiger partial charge in [-0.2, -0.15) is 5.26 Å². The second-order valence-corrected chi connectivity index (χ2v) is 24.1. The van der Waals surface area contributed by atoms with E-state index in [4.69, 9.17) is 14.2 Å². The third-order valence-corrected chi connectivity index (χ3v) is 19.7. The summed E-state index contributed by atoms with van der Waals surface area (Å²) in [6, 6.07) is 53.5. The van der Waals surface area contributed by atoms with Gasteiger partial charge in [0.2, 0.25) is 0 Å². The van der Waals surface area contributed by atoms with E-state index in [0.717, 1.165) is 126 Å². The maximum atomic E-state index is 11.6. The lowest BCUT2D eigenvalue weighted by Crippen LogP contribution is -2.30. The fraction of sp³-hybridized carbons (Fsp3) is 0.324. The first-order chi connectivity index (χ1) is 40.1. The molecule has 1 aromatic heterocycles. The van der Waals surface area contributed by atoms with Gasteiger partial charge in [-0.3, -0.25) is 0 Å². The van der Waals surface area contributed by atoms with Crippen LogP contribution in [0.15, 0.2) is 145 Å². The van der Waals surface area contributed by atoms with Gasteiger partial charge in [0.1, 0.15) is 30.6 Å². The number of carboxylic acids is 1. The smallest absolute Gasteiger partial charge is 0.346 e. The number of hydrogen-bond acceptors (Lipinski definition) is 7. The molecule has 8 heteroatoms. The predicted octanol–water partition coefficient (Wildman–Crippen LogP) is 19.9. The van der Waals surface area contributed by atoms with E-state index in [1.807, 2.05) is 24.3 Å². The molecule has 0 amide bonds. The van der Waals surface area contributed by atoms with E-state index >= 15 is 0 Å². The van der Waals surface area contributed by atoms with Gasteiger partial charge in [0.15, 0.2) is 11.5 Å². The van der Waals surface area contributed by atoms with Crippen LogP contribution in [0.4, 0.5) is 17.1 Å². The number of rotatable bonds is 20. The zero-order chi connectivity index (χ0) is 56.9. The van der Waals surface area contributed by atoms with Crippen molar-refractivity contribution in [3.8, 4) is 77.6 Å². The summed E-state index contributed by atoms with van der Waals surface area (Å²) in [5.74, 6) is 0.977. The van der Waals surface area contributed by atoms with Gasteiger partial charge in [0.25, 0.3) is 0 Å². The molecule has 0 saturated heterocycles. The van der Waals surface area contributed by atoms with Crippen LogP contribution < -0.4 is 19.1 Å². The number of methoxy groups -OCH3 is 1. The second-order valence-electron chi connectivity index (χ2n) is 23.1. The minimum atomic E-state index is -1.25. The summed E-state index contributed by atoms with van der Waals surface area (Å²) >= 11 is 1.62. The highest BCUT2D eigenvalue weighted by Gasteiger charge is 2.57. The number of nitrogens with zero attached hydrogens (tertiary/aromatic N) is 2. The van der Waals surface area contributed by atoms with Gasteiger partial charge in [0.05, 0.1) is 16.9 Å². The van der Waals surface area contributed by atoms with E-state index in [2.05, 4.69) is 162 Å². The van der Waals surface area contributed by atoms with E-state index in [0.29, 0.717) is 24.5 Å². The zero-order valence-electron chi connectivity index (χ0n) is 48.6. The van der Waals surface area contributed by atoms with Gasteiger partial charge >= 0.3 is 5.97 Å². The average Bonchev–Trinajstić information content (AvgIpc) is 1.62. The Morgan fingerprint density at radius 1 is 0.561 bits per heavy atom. The Hall–Kier alpha value is -7.86. The number of anilines is 3. The molecule has 1 aliphatic heterocycles. The van der Waals surface area contributed by atoms with Crippen molar-refractivity contribution >= 4 is 40.4 Å². The molecule has 0 fully saturated rings. The van der Waals surface area contributed by atoms with Crippen LogP contribution >= 0.6 is 11.3 Å². The lowest BCUT2D eigenvalue weighted by atomic mass is 9.64. The molecule has 12 rings (SSSR count). The fourth-order valence-electron chi connectivity index (χ4n) is 15.7. The maximum absolute atomic E-state index is 11.6. The quantitative estimate of drug-likeness (QED) is 0.0600. The largest absolute Gasteiger partial charge is 0.497 e. The first-order valence-corrected chi connectivity index (χ1v) is 30.9. The molecule has 0 unspecified atom stereocenters. The van der Waals surface area contributed by atoms with Crippen molar-refractivity contribution in [1.29, 1.82) is 5.26 Å². The van der Waals surface area contributed by atoms with Gasteiger partial charge in [-0.25, -0.2) is 4.79 Å². The topological polar surface area (TPSA) is 92.0 Å². The third-order valence-electron chi connectivity index (χ3n) is 18.4. The highest BCUT2D eigenvalue weighted by atomic mass is 32.1. The maximum Gasteiger partial charge on any atom is 0.346 e. The molecule has 2 heterocycles. The number of nitriles is 1. The summed E-state index contributed by atoms with van der Waals surface area (Å²) in [7, 11) is 1.73. The Morgan fingerprint density at radius 3 is 1.39 bits per heavy atom. The number of aliphatic carboxylic acids is 1. The molecule has 0 saturated carbocycles. The van der Waals surface area contributed by atoms with Crippen molar-refractivity contribution in [2.24, 2.45) is 0 Å². The van der Waals surface area contributed by atoms with Crippen molar-refractivity contribution in [2.45, 2.75) is 135 Å². The molecule has 1 N–H and O–H groups in total. The van der Waals surface area contributed by atoms with Crippen LogP contribution in [0.3, 0.4) is 0 Å². The molecule has 0 radical (unpaired) electrons. The number of benzene rings is 7. The molecule has 82 heavy (non-hydrogen) atoms. The molecule has 7 nitrogen and oxygen atoms in total. The van der Waals surface area contributed by atoms with Crippen LogP contribution in [0.1, 0.15) is 158 Å². The molecule has 0 atom stereocenters. The molecular formula is C74H74N2O5S. The number of carbonyl (C=O) groups is 1. The summed E-state index contributed by atoms with van der Waals surface area (Å²) < 4.78 is 18.5. The van der Waals surface area contributed by atoms with Crippen LogP contribution in [-0.4, -0.2) is 31.4 Å². The fourth-order valence-corrected chi connectivity index (χ4v) is 16.9. The Kier molecular flexibility index (Phi) is 14.8. The monoisotopic (exact) mass is 1100 g/mol. The van der Waals surface area contributed by atoms with E-state index in [-0.39, 0.29) is 21.8 Å². The van der Waals surface area contributed by atoms with Gasteiger partial charge in [-0.15, -0.1) is 11.3 Å². The molecule has 416 valence electrons. The average molecular weight is 1100 g/mol. The van der Waals surface area contributed by atoms with E-state index in [1.165, 1.54) is 45.0 Å². The molecule has 0 spiro atoms. The van der Waals surface area contributed by atoms with Gasteiger partial charge < -0.3 is 24.2 Å². The Labute approximate surface area is 488 Å². The standard InChI is InChI=1S/C74H74N2O5S/c1-8-36-72(37-9-2)58-20-16-14-18-55(58)62-64(72)61-56-19-15-17-21-59(56)73(38-10-3,39-11-4)65(61)63-57-45-53(32-35-60(57)74(40-12-5,41-13-6)66(62)63)76(52-30-33-54(79-7)34-31-52)51-28-26-49(27-29-51)70-68-67(80-42-43-81-68)69(82-70)48-24-22-47(23-25-48)44-50(46-75)71(77)78/h14-35,44-45H,8-13,36-43H2,1-7H3,(H,77,78)/b50-44+. The first-order valence-electron chi connectivity index (χ1n) is 30.1. The summed E-state index contributed by atoms with van der Waals surface area (Å²) in [4.78, 5) is 15.9. The predicted molar refractivity (Wildman–Crippen MR) is 337 cm³/mol. The first kappa shape index (κ1) is 54.7. The second kappa shape index (κ2) is 22.1. The SMILES string of the molecule is CCCC1(CCC)c2ccccc2-c2c1c1c(c3c2C(CCC)(CCC)c2ccc(N(c4ccc(OC)cc4)c4ccc(-c5sc(-c6ccc(/C=C(\C#N)C(=O)O)cc6)c6c5OCCO6)cc4)cc2-3)C(CCC)(CCC)c2ccccc2-1. The summed E-state index contributed by atoms with van der Waals surface area (Å²) in [6.45, 7) is 15.3. The molecule has 3 aliphatic carbocycles. The normalized spacial score (nSPS) is 15.2. The van der Waals surface area contributed by atoms with Gasteiger partial charge in [0, 0.05) is 33.3 Å². The Morgan fingerprint density at radius 2 is 0.963 bits per heavy atom. The van der Waals surface area contributed by atoms with Gasteiger partial charge in [-0.05, 0) is 177 Å². The van der Waals surface area contributed by atoms with Crippen LogP contribution in [0, 0.1) is 11.3 Å². The van der Waals surface area contributed by atoms with Gasteiger partial charge in [-0.1, -0.05) is 171 Å². The Balaban J connectivity index is 1.08. The lowest BCUT2D eigenvalue weighted by Gasteiger charge is -2.39. The molecule has 7 aromatic carbocycles. The molecular weight excluding hydrogens is 1030 g/mol. The summed E-state index contributed by atoms with van der Waals surface area (Å²) in [5, 5.41) is 18.9. The highest BCUT2D eigenvalue weighted by molar-refractivity contribution is 7.19. The highest BCUT2D eigenvalue weighted by Crippen LogP contribution is 2.71. The van der Waals surface area contributed by atoms with Crippen LogP contribution in [0.25, 0.3) is 60.3 Å². The van der Waals surface area contributed by atoms with Crippen molar-refractivity contribution in [3.05, 3.63) is 184 Å². The molecule has 8 aromatic rings. The number of thiophene rings is 1. The number of fused-ring (bicyclic) bond motifs is 13. The van der Waals surface area contributed by atoms with E-state index < -0.39 is 5.97 Å². The molecule has 4 aliphatic rings. The van der Waals surface area contributed by atoms with Crippen LogP contribution in [0.2, 0.25) is 0 Å². The van der Waals surface area contributed by atoms with Crippen LogP contribution in [-0.2, 0) is 21.0 Å². The third kappa shape index (κ3) is 8.43. The zero-order valence-corrected chi connectivity index (χ0v) is 49.5. The lowest BCUT2D eigenvalue weighted by molar-refractivity contribution is -0.132. The van der Waals surface area contributed by atoms with Crippen molar-refractivity contribution in [3.63, 3.8) is 0 Å². The van der Waals surface area contributed by atoms with E-state index in [9.17, 15) is 15.2 Å². The number of hydrogen-bond donors (Lipinski definition) is 1. The van der Waals surface area contributed by atoms with E-state index in [1.54, 1.807) is 52.3 Å². The molecule has 0 bridgehead atoms. The van der Waals surface area contributed by atoms with Crippen LogP contribution in [0.5, 0.6) is 17.2 Å².